The van der Waals surface area contributed by atoms with Gasteiger partial charge in [0.05, 0.1) is 15.6 Å². The fraction of sp³-hybridized carbons (Fsp3) is 0.250. The maximum atomic E-state index is 12.5. The largest absolute Gasteiger partial charge is 0.446 e. The highest BCUT2D eigenvalue weighted by Gasteiger charge is 2.30. The Hall–Kier alpha value is -1.58. The first-order valence-electron chi connectivity index (χ1n) is 7.18. The van der Waals surface area contributed by atoms with Crippen molar-refractivity contribution in [1.82, 2.24) is 9.78 Å². The maximum absolute atomic E-state index is 12.5. The first-order valence-corrected chi connectivity index (χ1v) is 12.2. The van der Waals surface area contributed by atoms with Gasteiger partial charge in [-0.05, 0) is 23.9 Å². The molecule has 0 unspecified atom stereocenters. The van der Waals surface area contributed by atoms with Crippen molar-refractivity contribution < 1.29 is 13.2 Å². The Bertz CT molecular complexity index is 924. The molecule has 2 aromatic rings. The molecule has 26 heavy (non-hydrogen) atoms. The number of thioether (sulfide) groups is 1. The Balaban J connectivity index is 2.51. The van der Waals surface area contributed by atoms with Gasteiger partial charge in [0, 0.05) is 11.1 Å². The molecule has 0 fully saturated rings. The van der Waals surface area contributed by atoms with Gasteiger partial charge in [-0.3, -0.25) is 0 Å². The average molecular weight is 434 g/mol. The zero-order valence-corrected chi connectivity index (χ0v) is 17.2. The van der Waals surface area contributed by atoms with E-state index in [9.17, 15) is 18.4 Å². The molecule has 0 bridgehead atoms. The fourth-order valence-electron chi connectivity index (χ4n) is 1.87. The number of alkyl halides is 3. The zero-order chi connectivity index (χ0) is 19.7. The van der Waals surface area contributed by atoms with E-state index in [1.54, 1.807) is 0 Å². The summed E-state index contributed by atoms with van der Waals surface area (Å²) in [5.74, 6) is 2.94. The summed E-state index contributed by atoms with van der Waals surface area (Å²) < 4.78 is 38.8. The van der Waals surface area contributed by atoms with Crippen LogP contribution in [0, 0.1) is 22.8 Å². The van der Waals surface area contributed by atoms with Crippen LogP contribution in [0.3, 0.4) is 0 Å². The third-order valence-corrected chi connectivity index (χ3v) is 5.00. The lowest BCUT2D eigenvalue weighted by Crippen LogP contribution is -2.16. The van der Waals surface area contributed by atoms with E-state index in [0.717, 1.165) is 12.1 Å². The standard InChI is InChI=1S/C16H12Cl2F3N3SSi/c1-26(2,3)5-4-10-9-24(23-14(10)8-22)15-12(17)6-11(7-13(15)18)25-16(19,20)21/h6-7,9H,1-3H3. The molecule has 0 N–H and O–H groups in total. The van der Waals surface area contributed by atoms with E-state index in [1.807, 2.05) is 6.07 Å². The van der Waals surface area contributed by atoms with E-state index in [2.05, 4.69) is 36.2 Å². The fourth-order valence-corrected chi connectivity index (χ4v) is 3.79. The van der Waals surface area contributed by atoms with Crippen LogP contribution < -0.4 is 0 Å². The molecular formula is C16H12Cl2F3N3SSi. The van der Waals surface area contributed by atoms with E-state index in [4.69, 9.17) is 23.2 Å². The molecule has 10 heteroatoms. The number of aromatic nitrogens is 2. The predicted octanol–water partition coefficient (Wildman–Crippen LogP) is 5.89. The highest BCUT2D eigenvalue weighted by atomic mass is 35.5. The molecule has 0 atom stereocenters. The molecule has 0 spiro atoms. The Morgan fingerprint density at radius 3 is 2.23 bits per heavy atom. The molecule has 3 nitrogen and oxygen atoms in total. The lowest BCUT2D eigenvalue weighted by molar-refractivity contribution is -0.0328. The van der Waals surface area contributed by atoms with Gasteiger partial charge in [0.1, 0.15) is 19.8 Å². The van der Waals surface area contributed by atoms with Crippen LogP contribution in [0.15, 0.2) is 23.2 Å². The summed E-state index contributed by atoms with van der Waals surface area (Å²) in [7, 11) is -1.67. The first kappa shape index (κ1) is 20.7. The highest BCUT2D eigenvalue weighted by molar-refractivity contribution is 8.00. The van der Waals surface area contributed by atoms with Crippen molar-refractivity contribution in [1.29, 1.82) is 5.26 Å². The average Bonchev–Trinajstić information content (AvgIpc) is 2.84. The molecule has 136 valence electrons. The van der Waals surface area contributed by atoms with Gasteiger partial charge >= 0.3 is 5.51 Å². The Labute approximate surface area is 164 Å². The third-order valence-electron chi connectivity index (χ3n) is 2.85. The second kappa shape index (κ2) is 7.57. The van der Waals surface area contributed by atoms with Crippen molar-refractivity contribution in [2.24, 2.45) is 0 Å². The zero-order valence-electron chi connectivity index (χ0n) is 13.9. The number of nitrogens with zero attached hydrogens (tertiary/aromatic N) is 3. The number of nitriles is 1. The summed E-state index contributed by atoms with van der Waals surface area (Å²) in [5, 5.41) is 13.3. The van der Waals surface area contributed by atoms with Crippen LogP contribution in [0.4, 0.5) is 13.2 Å². The summed E-state index contributed by atoms with van der Waals surface area (Å²) in [6.45, 7) is 6.17. The lowest BCUT2D eigenvalue weighted by atomic mass is 10.3. The predicted molar refractivity (Wildman–Crippen MR) is 100 cm³/mol. The van der Waals surface area contributed by atoms with Crippen LogP contribution in [-0.2, 0) is 0 Å². The van der Waals surface area contributed by atoms with Crippen molar-refractivity contribution in [2.45, 2.75) is 30.0 Å². The minimum Gasteiger partial charge on any atom is -0.235 e. The van der Waals surface area contributed by atoms with Crippen molar-refractivity contribution >= 4 is 43.0 Å². The minimum absolute atomic E-state index is 0.0130. The monoisotopic (exact) mass is 433 g/mol. The van der Waals surface area contributed by atoms with Crippen LogP contribution in [0.2, 0.25) is 29.7 Å². The number of rotatable bonds is 2. The summed E-state index contributed by atoms with van der Waals surface area (Å²) in [4.78, 5) is -0.136. The van der Waals surface area contributed by atoms with Gasteiger partial charge in [0.25, 0.3) is 0 Å². The van der Waals surface area contributed by atoms with Crippen molar-refractivity contribution in [3.05, 3.63) is 39.6 Å². The maximum Gasteiger partial charge on any atom is 0.446 e. The topological polar surface area (TPSA) is 41.6 Å². The van der Waals surface area contributed by atoms with Gasteiger partial charge in [-0.15, -0.1) is 5.54 Å². The van der Waals surface area contributed by atoms with E-state index in [-0.39, 0.29) is 38.1 Å². The van der Waals surface area contributed by atoms with Gasteiger partial charge in [-0.25, -0.2) is 4.68 Å². The molecule has 1 aromatic carbocycles. The van der Waals surface area contributed by atoms with Crippen LogP contribution in [0.5, 0.6) is 0 Å². The number of halogens is 5. The van der Waals surface area contributed by atoms with Gasteiger partial charge in [0.15, 0.2) is 5.69 Å². The molecule has 1 heterocycles. The first-order chi connectivity index (χ1) is 11.9. The molecule has 0 saturated carbocycles. The van der Waals surface area contributed by atoms with E-state index < -0.39 is 13.6 Å². The van der Waals surface area contributed by atoms with Gasteiger partial charge < -0.3 is 0 Å². The van der Waals surface area contributed by atoms with Crippen molar-refractivity contribution in [3.63, 3.8) is 0 Å². The molecule has 0 amide bonds. The second-order valence-electron chi connectivity index (χ2n) is 6.23. The van der Waals surface area contributed by atoms with Crippen LogP contribution >= 0.6 is 35.0 Å². The normalized spacial score (nSPS) is 11.7. The molecule has 0 aliphatic rings. The minimum atomic E-state index is -4.45. The Kier molecular flexibility index (Phi) is 6.04. The molecular weight excluding hydrogens is 422 g/mol. The van der Waals surface area contributed by atoms with Crippen molar-refractivity contribution in [3.8, 4) is 23.2 Å². The summed E-state index contributed by atoms with van der Waals surface area (Å²) in [6.07, 6.45) is 1.50. The summed E-state index contributed by atoms with van der Waals surface area (Å²) in [5.41, 5.74) is -0.620. The molecule has 1 aromatic heterocycles. The number of hydrogen-bond donors (Lipinski definition) is 0. The van der Waals surface area contributed by atoms with Crippen molar-refractivity contribution in [2.75, 3.05) is 0 Å². The molecule has 0 aliphatic carbocycles. The van der Waals surface area contributed by atoms with Gasteiger partial charge in [0.2, 0.25) is 0 Å². The molecule has 2 rings (SSSR count). The third kappa shape index (κ3) is 5.45. The number of benzene rings is 1. The van der Waals surface area contributed by atoms with E-state index >= 15 is 0 Å². The quantitative estimate of drug-likeness (QED) is 0.336. The van der Waals surface area contributed by atoms with Crippen LogP contribution in [0.1, 0.15) is 11.3 Å². The SMILES string of the molecule is C[Si](C)(C)C#Cc1cn(-c2c(Cl)cc(SC(F)(F)F)cc2Cl)nc1C#N. The Morgan fingerprint density at radius 2 is 1.77 bits per heavy atom. The Morgan fingerprint density at radius 1 is 1.19 bits per heavy atom. The molecule has 0 radical (unpaired) electrons. The van der Waals surface area contributed by atoms with Gasteiger partial charge in [-0.2, -0.15) is 23.5 Å². The summed E-state index contributed by atoms with van der Waals surface area (Å²) >= 11 is 11.9. The second-order valence-corrected chi connectivity index (χ2v) is 12.9. The van der Waals surface area contributed by atoms with E-state index in [0.29, 0.717) is 5.56 Å². The smallest absolute Gasteiger partial charge is 0.235 e. The van der Waals surface area contributed by atoms with Crippen LogP contribution in [0.25, 0.3) is 5.69 Å². The molecule has 0 saturated heterocycles. The highest BCUT2D eigenvalue weighted by Crippen LogP contribution is 2.41. The lowest BCUT2D eigenvalue weighted by Gasteiger charge is -2.11. The van der Waals surface area contributed by atoms with Gasteiger partial charge in [-0.1, -0.05) is 48.8 Å². The molecule has 0 aliphatic heterocycles. The number of hydrogen-bond acceptors (Lipinski definition) is 3. The van der Waals surface area contributed by atoms with Crippen LogP contribution in [-0.4, -0.2) is 23.4 Å². The summed E-state index contributed by atoms with van der Waals surface area (Å²) in [6, 6.07) is 4.25. The van der Waals surface area contributed by atoms with E-state index in [1.165, 1.54) is 10.9 Å².